The van der Waals surface area contributed by atoms with E-state index in [1.807, 2.05) is 0 Å². The highest BCUT2D eigenvalue weighted by Gasteiger charge is 2.62. The predicted molar refractivity (Wildman–Crippen MR) is 22.0 cm³/mol. The monoisotopic (exact) mass is 180 g/mol. The van der Waals surface area contributed by atoms with E-state index in [2.05, 4.69) is 0 Å². The Labute approximate surface area is 57.0 Å². The third kappa shape index (κ3) is 1.63. The highest BCUT2D eigenvalue weighted by molar-refractivity contribution is 5.77. The Kier molecular flexibility index (Phi) is 2.52. The molecule has 0 aliphatic heterocycles. The van der Waals surface area contributed by atoms with E-state index < -0.39 is 24.6 Å². The zero-order chi connectivity index (χ0) is 9.28. The zero-order valence-electron chi connectivity index (χ0n) is 4.88. The molecule has 0 aliphatic rings. The van der Waals surface area contributed by atoms with Gasteiger partial charge in [-0.25, -0.2) is 4.39 Å². The van der Waals surface area contributed by atoms with E-state index in [4.69, 9.17) is 0 Å². The molecule has 0 N–H and O–H groups in total. The van der Waals surface area contributed by atoms with Crippen LogP contribution in [0.5, 0.6) is 0 Å². The van der Waals surface area contributed by atoms with Crippen LogP contribution in [0.25, 0.3) is 0 Å². The Morgan fingerprint density at radius 2 is 1.55 bits per heavy atom. The fourth-order valence-electron chi connectivity index (χ4n) is 0.228. The lowest BCUT2D eigenvalue weighted by Gasteiger charge is -2.18. The van der Waals surface area contributed by atoms with E-state index in [1.54, 1.807) is 0 Å². The number of carbonyl (C=O) groups is 1. The number of rotatable bonds is 3. The molecule has 0 rings (SSSR count). The largest absolute Gasteiger partial charge is 0.400 e. The fourth-order valence-corrected chi connectivity index (χ4v) is 0.228. The molecule has 0 aliphatic carbocycles. The van der Waals surface area contributed by atoms with E-state index in [9.17, 15) is 31.1 Å². The van der Waals surface area contributed by atoms with E-state index in [0.29, 0.717) is 0 Å². The van der Waals surface area contributed by atoms with Crippen molar-refractivity contribution < 1.29 is 31.1 Å². The van der Waals surface area contributed by atoms with Gasteiger partial charge in [-0.3, -0.25) is 4.79 Å². The van der Waals surface area contributed by atoms with Gasteiger partial charge in [-0.05, 0) is 0 Å². The Morgan fingerprint density at radius 3 is 1.64 bits per heavy atom. The van der Waals surface area contributed by atoms with Gasteiger partial charge in [0.25, 0.3) is 0 Å². The smallest absolute Gasteiger partial charge is 0.254 e. The van der Waals surface area contributed by atoms with Gasteiger partial charge in [-0.1, -0.05) is 0 Å². The highest BCUT2D eigenvalue weighted by Crippen LogP contribution is 2.35. The summed E-state index contributed by atoms with van der Waals surface area (Å²) < 4.78 is 68.6. The van der Waals surface area contributed by atoms with Crippen molar-refractivity contribution >= 4 is 6.04 Å². The minimum atomic E-state index is -5.57. The van der Waals surface area contributed by atoms with Crippen LogP contribution >= 0.6 is 0 Å². The summed E-state index contributed by atoms with van der Waals surface area (Å²) in [6, 6.07) is -3.54. The van der Waals surface area contributed by atoms with Crippen LogP contribution in [0.15, 0.2) is 0 Å². The maximum Gasteiger partial charge on any atom is 0.400 e. The van der Waals surface area contributed by atoms with Gasteiger partial charge in [0, 0.05) is 0 Å². The lowest BCUT2D eigenvalue weighted by Crippen LogP contribution is -2.47. The summed E-state index contributed by atoms with van der Waals surface area (Å²) in [5.41, 5.74) is 0. The first kappa shape index (κ1) is 10.2. The van der Waals surface area contributed by atoms with Crippen LogP contribution in [-0.4, -0.2) is 24.6 Å². The van der Waals surface area contributed by atoms with E-state index in [0.717, 1.165) is 0 Å². The second-order valence-corrected chi connectivity index (χ2v) is 1.69. The molecule has 0 aromatic heterocycles. The normalized spacial score (nSPS) is 13.3. The lowest BCUT2D eigenvalue weighted by atomic mass is 10.2. The summed E-state index contributed by atoms with van der Waals surface area (Å²) >= 11 is 0. The second-order valence-electron chi connectivity index (χ2n) is 1.69. The summed E-state index contributed by atoms with van der Waals surface area (Å²) in [4.78, 5) is 9.21. The number of hydrogen-bond acceptors (Lipinski definition) is 1. The maximum absolute atomic E-state index is 11.6. The molecule has 0 aromatic carbocycles. The standard InChI is InChI=1S/C4H2F6O/c5-1-3(7,8)4(9,10)2(6)11/h1H2. The summed E-state index contributed by atoms with van der Waals surface area (Å²) in [7, 11) is 0. The van der Waals surface area contributed by atoms with Gasteiger partial charge in [0.15, 0.2) is 6.67 Å². The molecule has 0 spiro atoms. The van der Waals surface area contributed by atoms with Gasteiger partial charge >= 0.3 is 17.9 Å². The van der Waals surface area contributed by atoms with Crippen molar-refractivity contribution in [2.75, 3.05) is 6.67 Å². The van der Waals surface area contributed by atoms with Crippen LogP contribution in [0.1, 0.15) is 0 Å². The highest BCUT2D eigenvalue weighted by atomic mass is 19.3. The summed E-state index contributed by atoms with van der Waals surface area (Å²) in [6.45, 7) is -2.78. The van der Waals surface area contributed by atoms with E-state index in [1.165, 1.54) is 0 Å². The SMILES string of the molecule is O=C(F)C(F)(F)C(F)(F)CF. The molecule has 0 saturated heterocycles. The van der Waals surface area contributed by atoms with Crippen molar-refractivity contribution in [2.45, 2.75) is 11.8 Å². The number of alkyl halides is 5. The molecule has 0 bridgehead atoms. The Hall–Kier alpha value is -0.750. The van der Waals surface area contributed by atoms with Crippen LogP contribution in [-0.2, 0) is 4.79 Å². The summed E-state index contributed by atoms with van der Waals surface area (Å²) in [5.74, 6) is -10.8. The molecule has 0 radical (unpaired) electrons. The van der Waals surface area contributed by atoms with Crippen LogP contribution in [0.2, 0.25) is 0 Å². The van der Waals surface area contributed by atoms with E-state index >= 15 is 0 Å². The molecular weight excluding hydrogens is 178 g/mol. The summed E-state index contributed by atoms with van der Waals surface area (Å²) in [6.07, 6.45) is 0. The quantitative estimate of drug-likeness (QED) is 0.477. The molecule has 0 unspecified atom stereocenters. The molecular formula is C4H2F6O. The van der Waals surface area contributed by atoms with Crippen molar-refractivity contribution in [3.63, 3.8) is 0 Å². The van der Waals surface area contributed by atoms with Crippen LogP contribution < -0.4 is 0 Å². The van der Waals surface area contributed by atoms with E-state index in [-0.39, 0.29) is 0 Å². The van der Waals surface area contributed by atoms with Crippen LogP contribution in [0, 0.1) is 0 Å². The van der Waals surface area contributed by atoms with Crippen molar-refractivity contribution in [1.82, 2.24) is 0 Å². The molecule has 0 saturated carbocycles. The molecule has 0 atom stereocenters. The Bertz CT molecular complexity index is 164. The topological polar surface area (TPSA) is 17.1 Å². The average molecular weight is 180 g/mol. The molecule has 1 nitrogen and oxygen atoms in total. The van der Waals surface area contributed by atoms with Crippen molar-refractivity contribution in [3.8, 4) is 0 Å². The van der Waals surface area contributed by atoms with Gasteiger partial charge in [0.05, 0.1) is 0 Å². The minimum Gasteiger partial charge on any atom is -0.254 e. The van der Waals surface area contributed by atoms with Crippen molar-refractivity contribution in [2.24, 2.45) is 0 Å². The third-order valence-electron chi connectivity index (χ3n) is 0.874. The van der Waals surface area contributed by atoms with Crippen molar-refractivity contribution in [3.05, 3.63) is 0 Å². The minimum absolute atomic E-state index is 2.78. The van der Waals surface area contributed by atoms with Gasteiger partial charge in [0.2, 0.25) is 0 Å². The van der Waals surface area contributed by atoms with Crippen LogP contribution in [0.4, 0.5) is 26.3 Å². The van der Waals surface area contributed by atoms with Gasteiger partial charge < -0.3 is 0 Å². The molecule has 11 heavy (non-hydrogen) atoms. The molecule has 7 heteroatoms. The summed E-state index contributed by atoms with van der Waals surface area (Å²) in [5, 5.41) is 0. The first-order valence-corrected chi connectivity index (χ1v) is 2.27. The third-order valence-corrected chi connectivity index (χ3v) is 0.874. The molecule has 0 amide bonds. The number of carbonyl (C=O) groups excluding carboxylic acids is 1. The Morgan fingerprint density at radius 1 is 1.18 bits per heavy atom. The maximum atomic E-state index is 11.6. The Balaban J connectivity index is 4.67. The lowest BCUT2D eigenvalue weighted by molar-refractivity contribution is -0.221. The molecule has 0 aromatic rings. The fraction of sp³-hybridized carbons (Fsp3) is 0.750. The van der Waals surface area contributed by atoms with Crippen LogP contribution in [0.3, 0.4) is 0 Å². The van der Waals surface area contributed by atoms with Gasteiger partial charge in [0.1, 0.15) is 0 Å². The number of hydrogen-bond donors (Lipinski definition) is 0. The molecule has 66 valence electrons. The molecule has 0 heterocycles. The second kappa shape index (κ2) is 2.71. The average Bonchev–Trinajstić information content (AvgIpc) is 1.87. The zero-order valence-corrected chi connectivity index (χ0v) is 4.88. The first-order valence-electron chi connectivity index (χ1n) is 2.27. The number of halogens is 6. The van der Waals surface area contributed by atoms with Gasteiger partial charge in [-0.2, -0.15) is 22.0 Å². The van der Waals surface area contributed by atoms with Crippen molar-refractivity contribution in [1.29, 1.82) is 0 Å². The van der Waals surface area contributed by atoms with Gasteiger partial charge in [-0.15, -0.1) is 0 Å². The molecule has 0 fully saturated rings. The predicted octanol–water partition coefficient (Wildman–Crippen LogP) is 1.72. The first-order chi connectivity index (χ1) is 4.75.